The van der Waals surface area contributed by atoms with Gasteiger partial charge in [-0.2, -0.15) is 13.2 Å². The Kier molecular flexibility index (Phi) is 2.72. The summed E-state index contributed by atoms with van der Waals surface area (Å²) in [4.78, 5) is 4.41. The molecule has 2 nitrogen and oxygen atoms in total. The Morgan fingerprint density at radius 2 is 2.20 bits per heavy atom. The van der Waals surface area contributed by atoms with Crippen molar-refractivity contribution in [2.24, 2.45) is 0 Å². The average Bonchev–Trinajstić information content (AvgIpc) is 2.69. The third kappa shape index (κ3) is 2.15. The Labute approximate surface area is 89.5 Å². The van der Waals surface area contributed by atoms with E-state index >= 15 is 0 Å². The maximum absolute atomic E-state index is 12.4. The van der Waals surface area contributed by atoms with Gasteiger partial charge in [0, 0.05) is 17.3 Å². The van der Waals surface area contributed by atoms with E-state index in [1.54, 1.807) is 6.92 Å². The number of aromatic nitrogens is 1. The predicted octanol–water partition coefficient (Wildman–Crippen LogP) is 2.55. The van der Waals surface area contributed by atoms with Gasteiger partial charge in [-0.3, -0.25) is 0 Å². The Bertz CT molecular complexity index is 353. The quantitative estimate of drug-likeness (QED) is 0.810. The largest absolute Gasteiger partial charge is 0.443 e. The van der Waals surface area contributed by atoms with Crippen LogP contribution in [0.3, 0.4) is 0 Å². The minimum Gasteiger partial charge on any atom is -0.316 e. The molecular weight excluding hydrogens is 225 g/mol. The lowest BCUT2D eigenvalue weighted by Crippen LogP contribution is -2.09. The molecule has 0 spiro atoms. The van der Waals surface area contributed by atoms with Gasteiger partial charge in [0.15, 0.2) is 5.01 Å². The SMILES string of the molecule is Cc1sc(C(F)(F)F)nc1C1CCNC1. The van der Waals surface area contributed by atoms with Crippen LogP contribution in [-0.2, 0) is 6.18 Å². The molecule has 1 saturated heterocycles. The molecule has 1 aromatic heterocycles. The summed E-state index contributed by atoms with van der Waals surface area (Å²) in [5.41, 5.74) is 0.623. The maximum atomic E-state index is 12.4. The Morgan fingerprint density at radius 3 is 2.67 bits per heavy atom. The lowest BCUT2D eigenvalue weighted by molar-refractivity contribution is -0.137. The molecule has 2 rings (SSSR count). The molecule has 84 valence electrons. The minimum absolute atomic E-state index is 0.150. The summed E-state index contributed by atoms with van der Waals surface area (Å²) >= 11 is 0.744. The van der Waals surface area contributed by atoms with Crippen LogP contribution in [0.5, 0.6) is 0 Å². The van der Waals surface area contributed by atoms with Crippen molar-refractivity contribution >= 4 is 11.3 Å². The number of rotatable bonds is 1. The van der Waals surface area contributed by atoms with Crippen LogP contribution in [0.15, 0.2) is 0 Å². The third-order valence-corrected chi connectivity index (χ3v) is 3.55. The normalized spacial score (nSPS) is 22.3. The van der Waals surface area contributed by atoms with Gasteiger partial charge < -0.3 is 5.32 Å². The number of nitrogens with zero attached hydrogens (tertiary/aromatic N) is 1. The van der Waals surface area contributed by atoms with E-state index in [-0.39, 0.29) is 5.92 Å². The van der Waals surface area contributed by atoms with Crippen LogP contribution in [0.2, 0.25) is 0 Å². The van der Waals surface area contributed by atoms with Gasteiger partial charge in [0.05, 0.1) is 5.69 Å². The minimum atomic E-state index is -4.31. The third-order valence-electron chi connectivity index (χ3n) is 2.52. The number of aryl methyl sites for hydroxylation is 1. The van der Waals surface area contributed by atoms with E-state index in [1.165, 1.54) is 0 Å². The summed E-state index contributed by atoms with van der Waals surface area (Å²) in [7, 11) is 0. The first-order chi connectivity index (χ1) is 6.98. The van der Waals surface area contributed by atoms with Gasteiger partial charge in [0.2, 0.25) is 0 Å². The molecular formula is C9H11F3N2S. The van der Waals surface area contributed by atoms with Crippen molar-refractivity contribution in [3.63, 3.8) is 0 Å². The molecule has 0 aromatic carbocycles. The van der Waals surface area contributed by atoms with Gasteiger partial charge in [0.25, 0.3) is 0 Å². The maximum Gasteiger partial charge on any atom is 0.443 e. The zero-order valence-corrected chi connectivity index (χ0v) is 9.00. The van der Waals surface area contributed by atoms with E-state index in [9.17, 15) is 13.2 Å². The highest BCUT2D eigenvalue weighted by Gasteiger charge is 2.36. The summed E-state index contributed by atoms with van der Waals surface area (Å²) in [5, 5.41) is 2.41. The number of halogens is 3. The molecule has 0 saturated carbocycles. The zero-order chi connectivity index (χ0) is 11.1. The van der Waals surface area contributed by atoms with Crippen molar-refractivity contribution in [2.75, 3.05) is 13.1 Å². The molecule has 1 aromatic rings. The Balaban J connectivity index is 2.29. The molecule has 0 aliphatic carbocycles. The average molecular weight is 236 g/mol. The fourth-order valence-corrected chi connectivity index (χ4v) is 2.66. The summed E-state index contributed by atoms with van der Waals surface area (Å²) < 4.78 is 37.2. The highest BCUT2D eigenvalue weighted by atomic mass is 32.1. The molecule has 0 bridgehead atoms. The second-order valence-corrected chi connectivity index (χ2v) is 4.85. The van der Waals surface area contributed by atoms with Gasteiger partial charge in [-0.25, -0.2) is 4.98 Å². The van der Waals surface area contributed by atoms with Crippen LogP contribution in [0, 0.1) is 6.92 Å². The van der Waals surface area contributed by atoms with E-state index in [4.69, 9.17) is 0 Å². The molecule has 1 aliphatic rings. The topological polar surface area (TPSA) is 24.9 Å². The van der Waals surface area contributed by atoms with Crippen molar-refractivity contribution in [2.45, 2.75) is 25.4 Å². The van der Waals surface area contributed by atoms with Crippen molar-refractivity contribution in [3.8, 4) is 0 Å². The Morgan fingerprint density at radius 1 is 1.47 bits per heavy atom. The lowest BCUT2D eigenvalue weighted by Gasteiger charge is -2.05. The molecule has 2 heterocycles. The molecule has 1 N–H and O–H groups in total. The van der Waals surface area contributed by atoms with Crippen LogP contribution < -0.4 is 5.32 Å². The van der Waals surface area contributed by atoms with Crippen molar-refractivity contribution in [1.29, 1.82) is 0 Å². The van der Waals surface area contributed by atoms with Crippen LogP contribution in [-0.4, -0.2) is 18.1 Å². The molecule has 6 heteroatoms. The predicted molar refractivity (Wildman–Crippen MR) is 52.1 cm³/mol. The highest BCUT2D eigenvalue weighted by Crippen LogP contribution is 2.36. The number of thiazole rings is 1. The first-order valence-corrected chi connectivity index (χ1v) is 5.55. The Hall–Kier alpha value is -0.620. The van der Waals surface area contributed by atoms with Gasteiger partial charge in [-0.05, 0) is 19.9 Å². The molecule has 1 aliphatic heterocycles. The molecule has 0 amide bonds. The standard InChI is InChI=1S/C9H11F3N2S/c1-5-7(6-2-3-13-4-6)14-8(15-5)9(10,11)12/h6,13H,2-4H2,1H3. The van der Waals surface area contributed by atoms with Gasteiger partial charge in [0.1, 0.15) is 0 Å². The molecule has 1 unspecified atom stereocenters. The number of alkyl halides is 3. The fourth-order valence-electron chi connectivity index (χ4n) is 1.80. The van der Waals surface area contributed by atoms with E-state index in [0.717, 1.165) is 30.8 Å². The van der Waals surface area contributed by atoms with Crippen molar-refractivity contribution in [1.82, 2.24) is 10.3 Å². The van der Waals surface area contributed by atoms with E-state index in [0.29, 0.717) is 10.6 Å². The van der Waals surface area contributed by atoms with Gasteiger partial charge >= 0.3 is 6.18 Å². The first kappa shape index (κ1) is 10.9. The smallest absolute Gasteiger partial charge is 0.316 e. The van der Waals surface area contributed by atoms with Crippen molar-refractivity contribution < 1.29 is 13.2 Å². The lowest BCUT2D eigenvalue weighted by atomic mass is 10.0. The second-order valence-electron chi connectivity index (χ2n) is 3.65. The zero-order valence-electron chi connectivity index (χ0n) is 8.19. The van der Waals surface area contributed by atoms with E-state index < -0.39 is 11.2 Å². The molecule has 1 atom stereocenters. The van der Waals surface area contributed by atoms with E-state index in [2.05, 4.69) is 10.3 Å². The molecule has 0 radical (unpaired) electrons. The fraction of sp³-hybridized carbons (Fsp3) is 0.667. The van der Waals surface area contributed by atoms with Crippen LogP contribution in [0.4, 0.5) is 13.2 Å². The highest BCUT2D eigenvalue weighted by molar-refractivity contribution is 7.11. The van der Waals surface area contributed by atoms with Crippen LogP contribution >= 0.6 is 11.3 Å². The van der Waals surface area contributed by atoms with Crippen LogP contribution in [0.25, 0.3) is 0 Å². The number of hydrogen-bond acceptors (Lipinski definition) is 3. The monoisotopic (exact) mass is 236 g/mol. The van der Waals surface area contributed by atoms with Gasteiger partial charge in [-0.15, -0.1) is 11.3 Å². The molecule has 1 fully saturated rings. The summed E-state index contributed by atoms with van der Waals surface area (Å²) in [5.74, 6) is 0.150. The van der Waals surface area contributed by atoms with Crippen molar-refractivity contribution in [3.05, 3.63) is 15.6 Å². The van der Waals surface area contributed by atoms with E-state index in [1.807, 2.05) is 0 Å². The first-order valence-electron chi connectivity index (χ1n) is 4.73. The summed E-state index contributed by atoms with van der Waals surface area (Å²) in [6, 6.07) is 0. The van der Waals surface area contributed by atoms with Crippen LogP contribution in [0.1, 0.15) is 27.9 Å². The summed E-state index contributed by atoms with van der Waals surface area (Å²) in [6.45, 7) is 3.31. The summed E-state index contributed by atoms with van der Waals surface area (Å²) in [6.07, 6.45) is -3.43. The molecule has 15 heavy (non-hydrogen) atoms. The number of nitrogens with one attached hydrogen (secondary N) is 1. The van der Waals surface area contributed by atoms with Gasteiger partial charge in [-0.1, -0.05) is 0 Å². The second kappa shape index (κ2) is 3.75. The number of hydrogen-bond donors (Lipinski definition) is 1.